The highest BCUT2D eigenvalue weighted by Crippen LogP contribution is 2.29. The molecule has 1 aliphatic rings. The Kier molecular flexibility index (Phi) is 9.44. The molecule has 36 heavy (non-hydrogen) atoms. The van der Waals surface area contributed by atoms with Crippen molar-refractivity contribution in [2.45, 2.75) is 43.7 Å². The second-order valence-electron chi connectivity index (χ2n) is 9.19. The molecule has 1 fully saturated rings. The van der Waals surface area contributed by atoms with Crippen LogP contribution in [0.3, 0.4) is 0 Å². The number of amides is 1. The predicted molar refractivity (Wildman–Crippen MR) is 148 cm³/mol. The molecular formula is C25H35ClN8OS. The first-order valence-corrected chi connectivity index (χ1v) is 13.8. The van der Waals surface area contributed by atoms with Crippen LogP contribution in [0.5, 0.6) is 0 Å². The Labute approximate surface area is 221 Å². The molecule has 3 heterocycles. The van der Waals surface area contributed by atoms with E-state index in [0.29, 0.717) is 31.0 Å². The van der Waals surface area contributed by atoms with Crippen LogP contribution in [-0.2, 0) is 4.79 Å². The van der Waals surface area contributed by atoms with Gasteiger partial charge in [0.2, 0.25) is 5.91 Å². The van der Waals surface area contributed by atoms with E-state index in [1.807, 2.05) is 36.5 Å². The predicted octanol–water partition coefficient (Wildman–Crippen LogP) is 3.13. The molecule has 1 saturated heterocycles. The van der Waals surface area contributed by atoms with Gasteiger partial charge in [-0.05, 0) is 62.4 Å². The Morgan fingerprint density at radius 3 is 2.72 bits per heavy atom. The molecule has 0 radical (unpaired) electrons. The lowest BCUT2D eigenvalue weighted by Gasteiger charge is -2.39. The summed E-state index contributed by atoms with van der Waals surface area (Å²) in [6, 6.07) is 9.45. The molecule has 1 unspecified atom stereocenters. The van der Waals surface area contributed by atoms with Gasteiger partial charge in [-0.25, -0.2) is 9.97 Å². The Morgan fingerprint density at radius 2 is 1.97 bits per heavy atom. The third-order valence-electron chi connectivity index (χ3n) is 6.66. The summed E-state index contributed by atoms with van der Waals surface area (Å²) in [6.07, 6.45) is 7.36. The molecule has 0 spiro atoms. The lowest BCUT2D eigenvalue weighted by Crippen LogP contribution is -2.60. The summed E-state index contributed by atoms with van der Waals surface area (Å²) >= 11 is 7.80. The lowest BCUT2D eigenvalue weighted by atomic mass is 9.87. The molecule has 0 saturated carbocycles. The molecule has 1 aliphatic heterocycles. The van der Waals surface area contributed by atoms with Gasteiger partial charge in [0.15, 0.2) is 0 Å². The number of nitrogens with zero attached hydrogens (tertiary/aromatic N) is 3. The van der Waals surface area contributed by atoms with Crippen molar-refractivity contribution in [3.05, 3.63) is 53.4 Å². The zero-order valence-corrected chi connectivity index (χ0v) is 22.0. The van der Waals surface area contributed by atoms with Crippen LogP contribution in [-0.4, -0.2) is 58.3 Å². The number of hydrogen-bond acceptors (Lipinski definition) is 8. The van der Waals surface area contributed by atoms with E-state index in [0.717, 1.165) is 60.5 Å². The number of benzene rings is 1. The van der Waals surface area contributed by atoms with Crippen LogP contribution in [0.2, 0.25) is 5.02 Å². The monoisotopic (exact) mass is 530 g/mol. The second kappa shape index (κ2) is 12.7. The minimum atomic E-state index is -0.935. The Bertz CT molecular complexity index is 1120. The third-order valence-corrected chi connectivity index (χ3v) is 7.81. The van der Waals surface area contributed by atoms with Crippen LogP contribution >= 0.6 is 23.5 Å². The van der Waals surface area contributed by atoms with Crippen molar-refractivity contribution in [3.8, 4) is 0 Å². The van der Waals surface area contributed by atoms with Crippen LogP contribution in [0.4, 0.5) is 5.82 Å². The van der Waals surface area contributed by atoms with Gasteiger partial charge < -0.3 is 26.7 Å². The number of piperidine rings is 1. The van der Waals surface area contributed by atoms with E-state index in [1.165, 1.54) is 0 Å². The lowest BCUT2D eigenvalue weighted by molar-refractivity contribution is -0.128. The van der Waals surface area contributed by atoms with Crippen molar-refractivity contribution in [1.29, 1.82) is 0 Å². The Hall–Kier alpha value is -2.37. The summed E-state index contributed by atoms with van der Waals surface area (Å²) < 4.78 is 3.40. The van der Waals surface area contributed by atoms with Crippen LogP contribution < -0.4 is 26.4 Å². The summed E-state index contributed by atoms with van der Waals surface area (Å²) in [5, 5.41) is 4.87. The minimum absolute atomic E-state index is 0.118. The zero-order chi connectivity index (χ0) is 25.4. The van der Waals surface area contributed by atoms with Gasteiger partial charge in [0.05, 0.1) is 17.0 Å². The molecule has 3 aromatic rings. The van der Waals surface area contributed by atoms with E-state index >= 15 is 0 Å². The largest absolute Gasteiger partial charge is 0.356 e. The molecule has 194 valence electrons. The van der Waals surface area contributed by atoms with Crippen molar-refractivity contribution in [1.82, 2.24) is 25.0 Å². The number of aromatic nitrogens is 3. The van der Waals surface area contributed by atoms with Crippen LogP contribution in [0, 0.1) is 0 Å². The number of nitrogens with one attached hydrogen (secondary N) is 3. The maximum atomic E-state index is 13.4. The van der Waals surface area contributed by atoms with Crippen molar-refractivity contribution in [3.63, 3.8) is 0 Å². The van der Waals surface area contributed by atoms with Gasteiger partial charge in [0, 0.05) is 36.6 Å². The summed E-state index contributed by atoms with van der Waals surface area (Å²) in [7, 11) is 0. The maximum absolute atomic E-state index is 13.4. The molecule has 7 N–H and O–H groups in total. The highest BCUT2D eigenvalue weighted by Gasteiger charge is 2.39. The van der Waals surface area contributed by atoms with E-state index < -0.39 is 5.54 Å². The van der Waals surface area contributed by atoms with E-state index in [2.05, 4.69) is 29.9 Å². The van der Waals surface area contributed by atoms with Gasteiger partial charge in [0.25, 0.3) is 0 Å². The minimum Gasteiger partial charge on any atom is -0.356 e. The number of fused-ring (bicyclic) bond motifs is 1. The zero-order valence-electron chi connectivity index (χ0n) is 20.4. The van der Waals surface area contributed by atoms with E-state index in [4.69, 9.17) is 23.1 Å². The highest BCUT2D eigenvalue weighted by molar-refractivity contribution is 7.97. The average Bonchev–Trinajstić information content (AvgIpc) is 3.38. The van der Waals surface area contributed by atoms with Crippen molar-refractivity contribution < 1.29 is 4.79 Å². The van der Waals surface area contributed by atoms with Crippen molar-refractivity contribution >= 4 is 46.3 Å². The van der Waals surface area contributed by atoms with Gasteiger partial charge in [-0.1, -0.05) is 35.7 Å². The van der Waals surface area contributed by atoms with Gasteiger partial charge in [-0.2, -0.15) is 0 Å². The average molecular weight is 531 g/mol. The Balaban J connectivity index is 1.36. The number of halogens is 1. The maximum Gasteiger partial charge on any atom is 0.240 e. The number of nitrogens with two attached hydrogens (primary N) is 2. The fraction of sp³-hybridized carbons (Fsp3) is 0.480. The number of carbonyl (C=O) groups excluding carboxylic acids is 1. The normalized spacial score (nSPS) is 16.2. The molecular weight excluding hydrogens is 496 g/mol. The molecule has 1 aromatic carbocycles. The van der Waals surface area contributed by atoms with Crippen LogP contribution in [0.1, 0.15) is 43.7 Å². The highest BCUT2D eigenvalue weighted by atomic mass is 35.5. The number of rotatable bonds is 12. The van der Waals surface area contributed by atoms with E-state index in [1.54, 1.807) is 18.3 Å². The topological polar surface area (TPSA) is 138 Å². The number of anilines is 1. The van der Waals surface area contributed by atoms with Crippen molar-refractivity contribution in [2.24, 2.45) is 11.5 Å². The molecule has 11 heteroatoms. The molecule has 4 rings (SSSR count). The molecule has 0 bridgehead atoms. The fourth-order valence-electron chi connectivity index (χ4n) is 4.44. The third kappa shape index (κ3) is 6.68. The first-order valence-electron chi connectivity index (χ1n) is 12.4. The number of unbranched alkanes of at least 4 members (excludes halogenated alkanes) is 1. The second-order valence-corrected chi connectivity index (χ2v) is 10.6. The van der Waals surface area contributed by atoms with E-state index in [9.17, 15) is 4.79 Å². The number of carbonyl (C=O) groups is 1. The molecule has 9 nitrogen and oxygen atoms in total. The number of hydrogen-bond donors (Lipinski definition) is 5. The fourth-order valence-corrected chi connectivity index (χ4v) is 5.32. The molecule has 2 aromatic heterocycles. The van der Waals surface area contributed by atoms with Crippen molar-refractivity contribution in [2.75, 3.05) is 36.8 Å². The van der Waals surface area contributed by atoms with Gasteiger partial charge in [-0.3, -0.25) is 9.52 Å². The van der Waals surface area contributed by atoms with Gasteiger partial charge >= 0.3 is 0 Å². The summed E-state index contributed by atoms with van der Waals surface area (Å²) in [5.41, 5.74) is 13.1. The van der Waals surface area contributed by atoms with Crippen LogP contribution in [0.25, 0.3) is 11.0 Å². The summed E-state index contributed by atoms with van der Waals surface area (Å²) in [4.78, 5) is 27.5. The smallest absolute Gasteiger partial charge is 0.240 e. The first-order chi connectivity index (χ1) is 17.5. The first kappa shape index (κ1) is 26.7. The van der Waals surface area contributed by atoms with E-state index in [-0.39, 0.29) is 11.9 Å². The van der Waals surface area contributed by atoms with Crippen LogP contribution in [0.15, 0.2) is 42.9 Å². The van der Waals surface area contributed by atoms with Gasteiger partial charge in [-0.15, -0.1) is 0 Å². The molecule has 0 aliphatic carbocycles. The summed E-state index contributed by atoms with van der Waals surface area (Å²) in [6.45, 7) is 2.77. The van der Waals surface area contributed by atoms with Gasteiger partial charge in [0.1, 0.15) is 17.8 Å². The number of H-pyrrole nitrogens is 1. The molecule has 1 atom stereocenters. The SMILES string of the molecule is NCCCCSNCCC(NC(=O)C1(N)CCN(c2ncnc3[nH]ccc23)CC1)c1ccc(Cl)cc1. The Morgan fingerprint density at radius 1 is 1.19 bits per heavy atom. The molecule has 1 amide bonds. The number of aromatic amines is 1. The summed E-state index contributed by atoms with van der Waals surface area (Å²) in [5.74, 6) is 1.77. The standard InChI is InChI=1S/C25H35ClN8OS/c26-19-5-3-18(4-6-19)21(8-13-32-36-16-2-1-11-27)33-24(35)25(28)9-14-34(15-10-25)23-20-7-12-29-22(20)30-17-31-23/h3-7,12,17,21,32H,1-2,8-11,13-16,27-28H2,(H,33,35)(H,29,30,31). The quantitative estimate of drug-likeness (QED) is 0.178.